The Kier molecular flexibility index (Phi) is 6.34. The first-order chi connectivity index (χ1) is 11.6. The normalized spacial score (nSPS) is 10.3. The van der Waals surface area contributed by atoms with Gasteiger partial charge >= 0.3 is 18.0 Å². The van der Waals surface area contributed by atoms with Gasteiger partial charge in [-0.15, -0.1) is 0 Å². The summed E-state index contributed by atoms with van der Waals surface area (Å²) in [5.74, 6) is -2.47. The molecule has 2 aromatic rings. The van der Waals surface area contributed by atoms with Crippen LogP contribution in [0, 0.1) is 0 Å². The number of hydrogen-bond donors (Lipinski definition) is 0. The molecule has 0 bridgehead atoms. The molecule has 2 amide bonds. The second-order valence-electron chi connectivity index (χ2n) is 4.61. The zero-order valence-corrected chi connectivity index (χ0v) is 12.6. The Labute approximate surface area is 137 Å². The fraction of sp³-hybridized carbons (Fsp3) is 0.118. The number of azo groups is 1. The number of benzene rings is 2. The Morgan fingerprint density at radius 1 is 0.708 bits per heavy atom. The monoisotopic (exact) mass is 326 g/mol. The molecule has 0 aliphatic rings. The number of carbonyl (C=O) groups is 3. The molecular weight excluding hydrogens is 312 g/mol. The molecule has 2 aromatic carbocycles. The maximum atomic E-state index is 11.4. The van der Waals surface area contributed by atoms with Crippen molar-refractivity contribution in [3.8, 4) is 0 Å². The van der Waals surface area contributed by atoms with Crippen LogP contribution in [0.2, 0.25) is 0 Å². The third-order valence-electron chi connectivity index (χ3n) is 2.81. The van der Waals surface area contributed by atoms with Crippen molar-refractivity contribution in [3.05, 3.63) is 71.8 Å². The van der Waals surface area contributed by atoms with E-state index in [9.17, 15) is 14.4 Å². The third kappa shape index (κ3) is 5.80. The van der Waals surface area contributed by atoms with Gasteiger partial charge in [-0.3, -0.25) is 4.79 Å². The number of ether oxygens (including phenoxy) is 2. The maximum absolute atomic E-state index is 11.4. The number of esters is 1. The van der Waals surface area contributed by atoms with Gasteiger partial charge in [0.05, 0.1) is 0 Å². The van der Waals surface area contributed by atoms with Gasteiger partial charge < -0.3 is 9.47 Å². The topological polar surface area (TPSA) is 94.4 Å². The van der Waals surface area contributed by atoms with Gasteiger partial charge in [-0.25, -0.2) is 9.59 Å². The Morgan fingerprint density at radius 3 is 1.75 bits per heavy atom. The largest absolute Gasteiger partial charge is 0.454 e. The predicted molar refractivity (Wildman–Crippen MR) is 82.7 cm³/mol. The zero-order chi connectivity index (χ0) is 17.2. The molecular formula is C17H14N2O5. The number of hydrogen-bond acceptors (Lipinski definition) is 5. The summed E-state index contributed by atoms with van der Waals surface area (Å²) in [4.78, 5) is 34.2. The van der Waals surface area contributed by atoms with Crippen LogP contribution < -0.4 is 0 Å². The van der Waals surface area contributed by atoms with Crippen molar-refractivity contribution >= 4 is 18.0 Å². The molecule has 0 N–H and O–H groups in total. The van der Waals surface area contributed by atoms with Crippen molar-refractivity contribution < 1.29 is 23.9 Å². The molecule has 0 spiro atoms. The Morgan fingerprint density at radius 2 is 1.21 bits per heavy atom. The van der Waals surface area contributed by atoms with Crippen molar-refractivity contribution in [1.82, 2.24) is 0 Å². The van der Waals surface area contributed by atoms with Crippen LogP contribution in [0.1, 0.15) is 11.1 Å². The fourth-order valence-corrected chi connectivity index (χ4v) is 1.66. The lowest BCUT2D eigenvalue weighted by Gasteiger charge is -2.01. The van der Waals surface area contributed by atoms with E-state index >= 15 is 0 Å². The fourth-order valence-electron chi connectivity index (χ4n) is 1.66. The van der Waals surface area contributed by atoms with E-state index in [0.717, 1.165) is 11.1 Å². The van der Waals surface area contributed by atoms with Crippen LogP contribution in [0.4, 0.5) is 4.79 Å². The van der Waals surface area contributed by atoms with Gasteiger partial charge in [0.25, 0.3) is 0 Å². The molecule has 0 heterocycles. The lowest BCUT2D eigenvalue weighted by Crippen LogP contribution is -2.15. The van der Waals surface area contributed by atoms with Gasteiger partial charge in [0, 0.05) is 0 Å². The first-order valence-corrected chi connectivity index (χ1v) is 7.02. The molecule has 0 unspecified atom stereocenters. The number of carbonyl (C=O) groups excluding carboxylic acids is 3. The molecule has 2 rings (SSSR count). The summed E-state index contributed by atoms with van der Waals surface area (Å²) in [6.45, 7) is -0.0786. The minimum absolute atomic E-state index is 0.00859. The summed E-state index contributed by atoms with van der Waals surface area (Å²) in [7, 11) is 0. The van der Waals surface area contributed by atoms with Gasteiger partial charge in [0.2, 0.25) is 0 Å². The highest BCUT2D eigenvalue weighted by Crippen LogP contribution is 2.03. The molecule has 0 saturated carbocycles. The van der Waals surface area contributed by atoms with E-state index in [-0.39, 0.29) is 13.2 Å². The summed E-state index contributed by atoms with van der Waals surface area (Å²) >= 11 is 0. The average molecular weight is 326 g/mol. The van der Waals surface area contributed by atoms with E-state index in [1.54, 1.807) is 48.5 Å². The van der Waals surface area contributed by atoms with E-state index in [0.29, 0.717) is 0 Å². The Hall–Kier alpha value is -3.35. The summed E-state index contributed by atoms with van der Waals surface area (Å²) < 4.78 is 9.54. The SMILES string of the molecule is O=C(N=NC(=O)C(=O)OCc1ccccc1)OCc1ccccc1. The lowest BCUT2D eigenvalue weighted by atomic mass is 10.2. The van der Waals surface area contributed by atoms with Crippen LogP contribution >= 0.6 is 0 Å². The van der Waals surface area contributed by atoms with Crippen LogP contribution in [0.25, 0.3) is 0 Å². The summed E-state index contributed by atoms with van der Waals surface area (Å²) in [6, 6.07) is 17.7. The van der Waals surface area contributed by atoms with E-state index in [2.05, 4.69) is 10.2 Å². The average Bonchev–Trinajstić information content (AvgIpc) is 2.64. The molecule has 24 heavy (non-hydrogen) atoms. The van der Waals surface area contributed by atoms with Crippen molar-refractivity contribution in [1.29, 1.82) is 0 Å². The second-order valence-corrected chi connectivity index (χ2v) is 4.61. The molecule has 0 aliphatic heterocycles. The molecule has 122 valence electrons. The molecule has 0 radical (unpaired) electrons. The summed E-state index contributed by atoms with van der Waals surface area (Å²) in [5, 5.41) is 6.01. The third-order valence-corrected chi connectivity index (χ3v) is 2.81. The number of nitrogens with zero attached hydrogens (tertiary/aromatic N) is 2. The molecule has 0 atom stereocenters. The number of rotatable bonds is 4. The Bertz CT molecular complexity index is 729. The Balaban J connectivity index is 1.74. The van der Waals surface area contributed by atoms with Crippen molar-refractivity contribution in [2.75, 3.05) is 0 Å². The molecule has 0 aromatic heterocycles. The van der Waals surface area contributed by atoms with Gasteiger partial charge in [0.1, 0.15) is 13.2 Å². The first kappa shape index (κ1) is 17.0. The maximum Gasteiger partial charge on any atom is 0.452 e. The van der Waals surface area contributed by atoms with Gasteiger partial charge in [-0.05, 0) is 11.1 Å². The van der Waals surface area contributed by atoms with E-state index in [1.807, 2.05) is 12.1 Å². The van der Waals surface area contributed by atoms with E-state index < -0.39 is 18.0 Å². The molecule has 7 heteroatoms. The van der Waals surface area contributed by atoms with Crippen LogP contribution in [-0.2, 0) is 32.3 Å². The predicted octanol–water partition coefficient (Wildman–Crippen LogP) is 3.05. The van der Waals surface area contributed by atoms with Crippen LogP contribution in [-0.4, -0.2) is 18.0 Å². The summed E-state index contributed by atoms with van der Waals surface area (Å²) in [5.41, 5.74) is 1.48. The van der Waals surface area contributed by atoms with Crippen LogP contribution in [0.5, 0.6) is 0 Å². The zero-order valence-electron chi connectivity index (χ0n) is 12.6. The van der Waals surface area contributed by atoms with E-state index in [1.165, 1.54) is 0 Å². The van der Waals surface area contributed by atoms with Crippen molar-refractivity contribution in [3.63, 3.8) is 0 Å². The highest BCUT2D eigenvalue weighted by molar-refractivity contribution is 6.32. The highest BCUT2D eigenvalue weighted by Gasteiger charge is 2.15. The van der Waals surface area contributed by atoms with Gasteiger partial charge in [-0.1, -0.05) is 70.9 Å². The lowest BCUT2D eigenvalue weighted by molar-refractivity contribution is -0.154. The summed E-state index contributed by atoms with van der Waals surface area (Å²) in [6.07, 6.45) is -1.07. The molecule has 0 fully saturated rings. The molecule has 0 aliphatic carbocycles. The smallest absolute Gasteiger partial charge is 0.452 e. The van der Waals surface area contributed by atoms with Gasteiger partial charge in [0.15, 0.2) is 0 Å². The van der Waals surface area contributed by atoms with E-state index in [4.69, 9.17) is 9.47 Å². The molecule has 7 nitrogen and oxygen atoms in total. The minimum atomic E-state index is -1.28. The molecule has 0 saturated heterocycles. The van der Waals surface area contributed by atoms with Crippen molar-refractivity contribution in [2.24, 2.45) is 10.2 Å². The van der Waals surface area contributed by atoms with Gasteiger partial charge in [-0.2, -0.15) is 0 Å². The number of amides is 2. The quantitative estimate of drug-likeness (QED) is 0.489. The van der Waals surface area contributed by atoms with Crippen LogP contribution in [0.3, 0.4) is 0 Å². The van der Waals surface area contributed by atoms with Crippen molar-refractivity contribution in [2.45, 2.75) is 13.2 Å². The van der Waals surface area contributed by atoms with Crippen LogP contribution in [0.15, 0.2) is 70.9 Å². The minimum Gasteiger partial charge on any atom is -0.454 e. The first-order valence-electron chi connectivity index (χ1n) is 7.02. The highest BCUT2D eigenvalue weighted by atomic mass is 16.6. The second kappa shape index (κ2) is 8.94. The standard InChI is InChI=1S/C17H14N2O5/c20-15(16(21)23-11-13-7-3-1-4-8-13)18-19-17(22)24-12-14-9-5-2-6-10-14/h1-10H,11-12H2.